The number of aliphatic carboxylic acids is 1. The van der Waals surface area contributed by atoms with Crippen molar-refractivity contribution in [1.29, 1.82) is 0 Å². The fourth-order valence-electron chi connectivity index (χ4n) is 2.02. The van der Waals surface area contributed by atoms with Crippen molar-refractivity contribution in [2.24, 2.45) is 0 Å². The van der Waals surface area contributed by atoms with Crippen LogP contribution in [0.25, 0.3) is 0 Å². The summed E-state index contributed by atoms with van der Waals surface area (Å²) in [4.78, 5) is 21.6. The van der Waals surface area contributed by atoms with Crippen molar-refractivity contribution in [3.8, 4) is 0 Å². The average Bonchev–Trinajstić information content (AvgIpc) is 2.35. The predicted molar refractivity (Wildman–Crippen MR) is 76.7 cm³/mol. The maximum atomic E-state index is 11.4. The van der Waals surface area contributed by atoms with E-state index in [1.807, 2.05) is 0 Å². The van der Waals surface area contributed by atoms with Crippen LogP contribution in [0.3, 0.4) is 0 Å². The molecule has 1 atom stereocenters. The van der Waals surface area contributed by atoms with Crippen molar-refractivity contribution in [3.63, 3.8) is 0 Å². The first kappa shape index (κ1) is 29.6. The third-order valence-electron chi connectivity index (χ3n) is 3.05. The monoisotopic (exact) mass is 382 g/mol. The second-order valence-corrected chi connectivity index (χ2v) is 6.71. The van der Waals surface area contributed by atoms with Crippen molar-refractivity contribution in [2.75, 3.05) is 5.75 Å². The summed E-state index contributed by atoms with van der Waals surface area (Å²) in [6, 6.07) is 0. The molecule has 0 aliphatic rings. The molecule has 0 radical (unpaired) electrons. The quantitative estimate of drug-likeness (QED) is 0.135. The van der Waals surface area contributed by atoms with Gasteiger partial charge in [0.1, 0.15) is 6.10 Å². The standard InChI is InChI=1S/C14H26O7S.2Na/c1-2-8-14(17)21-12(11-22(18,19)20)9-6-4-3-5-7-10-13(15)16;;/h12H,2-11H2,1H3,(H,15,16)(H,18,19,20);;/q;2*+1/p-2. The zero-order chi connectivity index (χ0) is 17.0. The van der Waals surface area contributed by atoms with Gasteiger partial charge in [0.05, 0.1) is 15.9 Å². The van der Waals surface area contributed by atoms with Gasteiger partial charge in [0.15, 0.2) is 0 Å². The Kier molecular flexibility index (Phi) is 21.3. The largest absolute Gasteiger partial charge is 1.00 e. The number of rotatable bonds is 13. The Balaban J connectivity index is -0.00000220. The minimum Gasteiger partial charge on any atom is -0.748 e. The van der Waals surface area contributed by atoms with E-state index in [0.717, 1.165) is 19.3 Å². The first-order valence-corrected chi connectivity index (χ1v) is 9.15. The molecule has 1 unspecified atom stereocenters. The molecule has 0 saturated heterocycles. The normalized spacial score (nSPS) is 11.8. The number of carboxylic acids is 1. The number of carbonyl (C=O) groups excluding carboxylic acids is 2. The van der Waals surface area contributed by atoms with E-state index in [-0.39, 0.29) is 72.0 Å². The van der Waals surface area contributed by atoms with E-state index in [0.29, 0.717) is 25.7 Å². The summed E-state index contributed by atoms with van der Waals surface area (Å²) < 4.78 is 37.5. The molecule has 130 valence electrons. The van der Waals surface area contributed by atoms with Crippen molar-refractivity contribution in [3.05, 3.63) is 0 Å². The Morgan fingerprint density at radius 3 is 2.04 bits per heavy atom. The fourth-order valence-corrected chi connectivity index (χ4v) is 2.71. The van der Waals surface area contributed by atoms with E-state index < -0.39 is 33.9 Å². The molecule has 0 spiro atoms. The van der Waals surface area contributed by atoms with E-state index in [2.05, 4.69) is 0 Å². The van der Waals surface area contributed by atoms with Gasteiger partial charge in [-0.2, -0.15) is 0 Å². The van der Waals surface area contributed by atoms with Gasteiger partial charge in [0.2, 0.25) is 0 Å². The summed E-state index contributed by atoms with van der Waals surface area (Å²) in [5, 5.41) is 10.2. The van der Waals surface area contributed by atoms with Gasteiger partial charge >= 0.3 is 65.1 Å². The van der Waals surface area contributed by atoms with Crippen LogP contribution < -0.4 is 64.2 Å². The topological polar surface area (TPSA) is 124 Å². The van der Waals surface area contributed by atoms with Crippen molar-refractivity contribution >= 4 is 22.1 Å². The molecule has 7 nitrogen and oxygen atoms in total. The summed E-state index contributed by atoms with van der Waals surface area (Å²) in [6.07, 6.45) is 3.70. The maximum absolute atomic E-state index is 11.4. The molecular formula is C14H24Na2O7S. The molecule has 0 fully saturated rings. The molecular weight excluding hydrogens is 358 g/mol. The van der Waals surface area contributed by atoms with Gasteiger partial charge in [-0.25, -0.2) is 8.42 Å². The number of unbranched alkanes of at least 4 members (excludes halogenated alkanes) is 4. The summed E-state index contributed by atoms with van der Waals surface area (Å²) in [5.74, 6) is -2.26. The number of carbonyl (C=O) groups is 2. The Bertz CT molecular complexity index is 440. The number of ether oxygens (including phenoxy) is 1. The molecule has 0 aromatic heterocycles. The van der Waals surface area contributed by atoms with Crippen LogP contribution in [0.4, 0.5) is 0 Å². The summed E-state index contributed by atoms with van der Waals surface area (Å²) >= 11 is 0. The van der Waals surface area contributed by atoms with Crippen LogP contribution in [0.5, 0.6) is 0 Å². The molecule has 0 bridgehead atoms. The van der Waals surface area contributed by atoms with E-state index >= 15 is 0 Å². The molecule has 0 heterocycles. The first-order valence-electron chi connectivity index (χ1n) is 7.57. The Labute approximate surface area is 188 Å². The van der Waals surface area contributed by atoms with Crippen molar-refractivity contribution < 1.29 is 91.5 Å². The Hall–Kier alpha value is 0.850. The van der Waals surface area contributed by atoms with Crippen LogP contribution in [0, 0.1) is 0 Å². The number of esters is 1. The van der Waals surface area contributed by atoms with Gasteiger partial charge in [-0.15, -0.1) is 0 Å². The van der Waals surface area contributed by atoms with Crippen LogP contribution in [-0.2, 0) is 24.4 Å². The number of hydrogen-bond acceptors (Lipinski definition) is 7. The molecule has 0 aliphatic heterocycles. The molecule has 10 heteroatoms. The van der Waals surface area contributed by atoms with Gasteiger partial charge in [0.25, 0.3) is 0 Å². The number of hydrogen-bond donors (Lipinski definition) is 0. The summed E-state index contributed by atoms with van der Waals surface area (Å²) in [5.41, 5.74) is 0. The third kappa shape index (κ3) is 20.9. The second-order valence-electron chi connectivity index (χ2n) is 5.26. The Morgan fingerprint density at radius 2 is 1.54 bits per heavy atom. The van der Waals surface area contributed by atoms with Crippen LogP contribution >= 0.6 is 0 Å². The molecule has 0 aromatic carbocycles. The van der Waals surface area contributed by atoms with Gasteiger partial charge in [-0.05, 0) is 32.1 Å². The molecule has 24 heavy (non-hydrogen) atoms. The maximum Gasteiger partial charge on any atom is 1.00 e. The first-order chi connectivity index (χ1) is 10.2. The van der Waals surface area contributed by atoms with Gasteiger partial charge in [-0.1, -0.05) is 26.2 Å². The zero-order valence-electron chi connectivity index (χ0n) is 14.9. The van der Waals surface area contributed by atoms with Crippen molar-refractivity contribution in [1.82, 2.24) is 0 Å². The summed E-state index contributed by atoms with van der Waals surface area (Å²) in [7, 11) is -4.44. The molecule has 0 aromatic rings. The minimum atomic E-state index is -4.44. The molecule has 0 saturated carbocycles. The fraction of sp³-hybridized carbons (Fsp3) is 0.857. The number of carboxylic acid groups (broad SMARTS) is 1. The SMILES string of the molecule is CCCC(=O)OC(CCCCCCCC(=O)[O-])CS(=O)(=O)[O-].[Na+].[Na+]. The van der Waals surface area contributed by atoms with Crippen molar-refractivity contribution in [2.45, 2.75) is 70.8 Å². The van der Waals surface area contributed by atoms with Gasteiger partial charge in [-0.3, -0.25) is 4.79 Å². The van der Waals surface area contributed by atoms with Crippen LogP contribution in [0.1, 0.15) is 64.7 Å². The van der Waals surface area contributed by atoms with Gasteiger partial charge in [0, 0.05) is 12.4 Å². The second kappa shape index (κ2) is 17.3. The van der Waals surface area contributed by atoms with Crippen LogP contribution in [0.2, 0.25) is 0 Å². The zero-order valence-corrected chi connectivity index (χ0v) is 19.7. The minimum absolute atomic E-state index is 0. The smallest absolute Gasteiger partial charge is 0.748 e. The molecule has 0 rings (SSSR count). The Morgan fingerprint density at radius 1 is 1.00 bits per heavy atom. The molecule has 0 amide bonds. The van der Waals surface area contributed by atoms with Gasteiger partial charge < -0.3 is 19.2 Å². The van der Waals surface area contributed by atoms with E-state index in [9.17, 15) is 27.7 Å². The van der Waals surface area contributed by atoms with E-state index in [4.69, 9.17) is 4.74 Å². The molecule has 0 N–H and O–H groups in total. The summed E-state index contributed by atoms with van der Waals surface area (Å²) in [6.45, 7) is 1.80. The van der Waals surface area contributed by atoms with E-state index in [1.165, 1.54) is 0 Å². The van der Waals surface area contributed by atoms with Crippen LogP contribution in [-0.4, -0.2) is 36.8 Å². The van der Waals surface area contributed by atoms with Crippen LogP contribution in [0.15, 0.2) is 0 Å². The van der Waals surface area contributed by atoms with E-state index in [1.54, 1.807) is 6.92 Å². The third-order valence-corrected chi connectivity index (χ3v) is 3.83. The molecule has 0 aliphatic carbocycles. The average molecular weight is 382 g/mol. The predicted octanol–water partition coefficient (Wildman–Crippen LogP) is -5.27.